The Morgan fingerprint density at radius 3 is 2.42 bits per heavy atom. The number of amides is 2. The van der Waals surface area contributed by atoms with E-state index in [-0.39, 0.29) is 36.8 Å². The topological polar surface area (TPSA) is 83.1 Å². The maximum absolute atomic E-state index is 12.1. The molecular weight excluding hydrogens is 478 g/mol. The molecule has 0 bridgehead atoms. The molecule has 7 nitrogen and oxygen atoms in total. The van der Waals surface area contributed by atoms with Crippen LogP contribution < -0.4 is 10.6 Å². The summed E-state index contributed by atoms with van der Waals surface area (Å²) in [6.07, 6.45) is -0.908. The first kappa shape index (κ1) is 27.8. The molecule has 3 N–H and O–H groups in total. The minimum Gasteiger partial charge on any atom is -0.392 e. The van der Waals surface area contributed by atoms with E-state index in [1.807, 2.05) is 61.5 Å². The molecule has 7 heteroatoms. The molecule has 0 saturated carbocycles. The molecule has 1 saturated heterocycles. The summed E-state index contributed by atoms with van der Waals surface area (Å²) in [5.41, 5.74) is 4.68. The molecule has 5 atom stereocenters. The van der Waals surface area contributed by atoms with Gasteiger partial charge in [0.05, 0.1) is 18.8 Å². The van der Waals surface area contributed by atoms with Gasteiger partial charge < -0.3 is 25.2 Å². The van der Waals surface area contributed by atoms with Gasteiger partial charge in [0.25, 0.3) is 0 Å². The lowest BCUT2D eigenvalue weighted by molar-refractivity contribution is -0.276. The first-order valence-corrected chi connectivity index (χ1v) is 13.3. The average Bonchev–Trinajstić information content (AvgIpc) is 2.94. The molecule has 1 aliphatic heterocycles. The van der Waals surface area contributed by atoms with Crippen molar-refractivity contribution in [2.75, 3.05) is 25.5 Å². The van der Waals surface area contributed by atoms with E-state index in [0.717, 1.165) is 23.2 Å². The summed E-state index contributed by atoms with van der Waals surface area (Å²) in [7, 11) is 2.13. The number of benzene rings is 3. The summed E-state index contributed by atoms with van der Waals surface area (Å²) in [6.45, 7) is 7.52. The van der Waals surface area contributed by atoms with Gasteiger partial charge >= 0.3 is 6.03 Å². The summed E-state index contributed by atoms with van der Waals surface area (Å²) in [6, 6.07) is 26.0. The second-order valence-corrected chi connectivity index (χ2v) is 9.96. The number of anilines is 1. The van der Waals surface area contributed by atoms with E-state index in [1.165, 1.54) is 5.56 Å². The van der Waals surface area contributed by atoms with Crippen molar-refractivity contribution in [1.29, 1.82) is 0 Å². The van der Waals surface area contributed by atoms with Crippen molar-refractivity contribution < 1.29 is 19.4 Å². The molecule has 3 aromatic rings. The predicted molar refractivity (Wildman–Crippen MR) is 150 cm³/mol. The number of nitrogens with one attached hydrogen (secondary N) is 2. The van der Waals surface area contributed by atoms with Crippen LogP contribution >= 0.6 is 0 Å². The van der Waals surface area contributed by atoms with Crippen LogP contribution in [0.1, 0.15) is 61.5 Å². The van der Waals surface area contributed by atoms with Gasteiger partial charge in [0.1, 0.15) is 0 Å². The van der Waals surface area contributed by atoms with Gasteiger partial charge in [-0.25, -0.2) is 4.79 Å². The largest absolute Gasteiger partial charge is 0.392 e. The van der Waals surface area contributed by atoms with E-state index in [2.05, 4.69) is 60.7 Å². The predicted octanol–water partition coefficient (Wildman–Crippen LogP) is 5.80. The highest BCUT2D eigenvalue weighted by Crippen LogP contribution is 2.42. The Morgan fingerprint density at radius 2 is 1.74 bits per heavy atom. The van der Waals surface area contributed by atoms with Crippen molar-refractivity contribution in [3.63, 3.8) is 0 Å². The van der Waals surface area contributed by atoms with E-state index in [1.54, 1.807) is 0 Å². The molecule has 4 rings (SSSR count). The molecule has 0 spiro atoms. The lowest BCUT2D eigenvalue weighted by Gasteiger charge is -2.43. The Balaban J connectivity index is 1.59. The fraction of sp³-hybridized carbons (Fsp3) is 0.387. The summed E-state index contributed by atoms with van der Waals surface area (Å²) < 4.78 is 13.2. The zero-order valence-electron chi connectivity index (χ0n) is 22.6. The molecule has 2 amide bonds. The standard InChI is InChI=1S/C31H39N3O4/c1-5-32-31(36)33-27-13-9-12-26(18-27)30-37-28(19-34(4)22(3)24-10-7-6-8-11-24)21(2)29(38-30)25-16-14-23(20-35)15-17-25/h6-18,21-22,28-30,35H,5,19-20H2,1-4H3,(H2,32,33,36). The van der Waals surface area contributed by atoms with Crippen molar-refractivity contribution in [2.24, 2.45) is 5.92 Å². The quantitative estimate of drug-likeness (QED) is 0.334. The third-order valence-electron chi connectivity index (χ3n) is 7.29. The fourth-order valence-corrected chi connectivity index (χ4v) is 4.85. The SMILES string of the molecule is CCNC(=O)Nc1cccc(C2OC(CN(C)C(C)c3ccccc3)C(C)C(c3ccc(CO)cc3)O2)c1. The highest BCUT2D eigenvalue weighted by atomic mass is 16.7. The highest BCUT2D eigenvalue weighted by molar-refractivity contribution is 5.89. The first-order valence-electron chi connectivity index (χ1n) is 13.3. The Hall–Kier alpha value is -3.23. The highest BCUT2D eigenvalue weighted by Gasteiger charge is 2.39. The third kappa shape index (κ3) is 6.79. The fourth-order valence-electron chi connectivity index (χ4n) is 4.85. The number of urea groups is 1. The number of aliphatic hydroxyl groups is 1. The maximum Gasteiger partial charge on any atom is 0.319 e. The number of carbonyl (C=O) groups is 1. The molecule has 0 aliphatic carbocycles. The number of hydrogen-bond donors (Lipinski definition) is 3. The molecule has 3 aromatic carbocycles. The van der Waals surface area contributed by atoms with Crippen molar-refractivity contribution in [3.05, 3.63) is 101 Å². The summed E-state index contributed by atoms with van der Waals surface area (Å²) >= 11 is 0. The van der Waals surface area contributed by atoms with Gasteiger partial charge in [-0.1, -0.05) is 73.7 Å². The van der Waals surface area contributed by atoms with Crippen LogP contribution in [0, 0.1) is 5.92 Å². The van der Waals surface area contributed by atoms with Gasteiger partial charge in [0.15, 0.2) is 6.29 Å². The van der Waals surface area contributed by atoms with Crippen molar-refractivity contribution in [2.45, 2.75) is 51.9 Å². The number of carbonyl (C=O) groups excluding carboxylic acids is 1. The third-order valence-corrected chi connectivity index (χ3v) is 7.29. The van der Waals surface area contributed by atoms with Crippen molar-refractivity contribution >= 4 is 11.7 Å². The van der Waals surface area contributed by atoms with Crippen LogP contribution in [-0.2, 0) is 16.1 Å². The Kier molecular flexibility index (Phi) is 9.53. The molecule has 1 aliphatic rings. The Morgan fingerprint density at radius 1 is 1.00 bits per heavy atom. The second kappa shape index (κ2) is 13.0. The van der Waals surface area contributed by atoms with Crippen molar-refractivity contribution in [3.8, 4) is 0 Å². The van der Waals surface area contributed by atoms with E-state index in [9.17, 15) is 9.90 Å². The number of rotatable bonds is 9. The molecule has 202 valence electrons. The van der Waals surface area contributed by atoms with Crippen LogP contribution in [0.5, 0.6) is 0 Å². The molecule has 38 heavy (non-hydrogen) atoms. The van der Waals surface area contributed by atoms with Gasteiger partial charge in [-0.15, -0.1) is 0 Å². The first-order chi connectivity index (χ1) is 18.4. The zero-order chi connectivity index (χ0) is 27.1. The second-order valence-electron chi connectivity index (χ2n) is 9.96. The summed E-state index contributed by atoms with van der Waals surface area (Å²) in [5, 5.41) is 15.1. The molecule has 1 fully saturated rings. The van der Waals surface area contributed by atoms with E-state index in [4.69, 9.17) is 9.47 Å². The van der Waals surface area contributed by atoms with Crippen LogP contribution in [0.2, 0.25) is 0 Å². The number of hydrogen-bond acceptors (Lipinski definition) is 5. The molecule has 5 unspecified atom stereocenters. The van der Waals surface area contributed by atoms with Gasteiger partial charge in [-0.3, -0.25) is 4.90 Å². The summed E-state index contributed by atoms with van der Waals surface area (Å²) in [4.78, 5) is 14.4. The van der Waals surface area contributed by atoms with E-state index >= 15 is 0 Å². The number of ether oxygens (including phenoxy) is 2. The van der Waals surface area contributed by atoms with Gasteiger partial charge in [0, 0.05) is 36.3 Å². The zero-order valence-corrected chi connectivity index (χ0v) is 22.6. The normalized spacial score (nSPS) is 22.2. The van der Waals surface area contributed by atoms with Crippen LogP contribution in [0.25, 0.3) is 0 Å². The van der Waals surface area contributed by atoms with Crippen LogP contribution in [0.15, 0.2) is 78.9 Å². The molecular formula is C31H39N3O4. The molecule has 1 heterocycles. The van der Waals surface area contributed by atoms with Crippen LogP contribution in [0.4, 0.5) is 10.5 Å². The smallest absolute Gasteiger partial charge is 0.319 e. The monoisotopic (exact) mass is 517 g/mol. The minimum absolute atomic E-state index is 0.00326. The number of aliphatic hydroxyl groups excluding tert-OH is 1. The van der Waals surface area contributed by atoms with E-state index in [0.29, 0.717) is 12.2 Å². The Labute approximate surface area is 225 Å². The average molecular weight is 518 g/mol. The van der Waals surface area contributed by atoms with Crippen molar-refractivity contribution in [1.82, 2.24) is 10.2 Å². The lowest BCUT2D eigenvalue weighted by atomic mass is 9.89. The van der Waals surface area contributed by atoms with E-state index < -0.39 is 6.29 Å². The van der Waals surface area contributed by atoms with Gasteiger partial charge in [-0.05, 0) is 49.7 Å². The van der Waals surface area contributed by atoms with Crippen LogP contribution in [-0.4, -0.2) is 42.3 Å². The number of nitrogens with zero attached hydrogens (tertiary/aromatic N) is 1. The van der Waals surface area contributed by atoms with Crippen LogP contribution in [0.3, 0.4) is 0 Å². The van der Waals surface area contributed by atoms with Gasteiger partial charge in [-0.2, -0.15) is 0 Å². The summed E-state index contributed by atoms with van der Waals surface area (Å²) in [5.74, 6) is 0.0771. The van der Waals surface area contributed by atoms with Gasteiger partial charge in [0.2, 0.25) is 0 Å². The lowest BCUT2D eigenvalue weighted by Crippen LogP contribution is -2.44. The minimum atomic E-state index is -0.602. The molecule has 0 radical (unpaired) electrons. The number of likely N-dealkylation sites (N-methyl/N-ethyl adjacent to an activating group) is 1. The Bertz CT molecular complexity index is 1170. The maximum atomic E-state index is 12.1. The molecule has 0 aromatic heterocycles.